The average Bonchev–Trinajstić information content (AvgIpc) is 3.84. The van der Waals surface area contributed by atoms with Gasteiger partial charge in [-0.05, 0) is 51.1 Å². The molecule has 0 spiro atoms. The summed E-state index contributed by atoms with van der Waals surface area (Å²) in [6.07, 6.45) is 1.20. The van der Waals surface area contributed by atoms with Crippen LogP contribution in [0.2, 0.25) is 0 Å². The van der Waals surface area contributed by atoms with E-state index in [1.807, 2.05) is 26.8 Å². The first-order chi connectivity index (χ1) is 23.8. The summed E-state index contributed by atoms with van der Waals surface area (Å²) >= 11 is 10.3. The van der Waals surface area contributed by atoms with Crippen LogP contribution in [0.25, 0.3) is 11.2 Å². The Hall–Kier alpha value is -3.32. The zero-order chi connectivity index (χ0) is 35.4. The number of aromatic amines is 1. The van der Waals surface area contributed by atoms with Gasteiger partial charge >= 0.3 is 5.69 Å². The van der Waals surface area contributed by atoms with E-state index >= 15 is 0 Å². The number of ether oxygens (including phenoxy) is 4. The molecule has 266 valence electrons. The normalized spacial score (nSPS) is 28.5. The van der Waals surface area contributed by atoms with Crippen molar-refractivity contribution in [3.05, 3.63) is 81.1 Å². The van der Waals surface area contributed by atoms with Crippen LogP contribution < -0.4 is 16.6 Å². The van der Waals surface area contributed by atoms with Gasteiger partial charge < -0.3 is 33.3 Å². The number of nitrogens with zero attached hydrogens (tertiary/aromatic N) is 5. The minimum Gasteiger partial charge on any atom is -0.352 e. The van der Waals surface area contributed by atoms with Crippen LogP contribution in [0.4, 0.5) is 5.82 Å². The number of carbonyl (C=O) groups excluding carboxylic acids is 1. The zero-order valence-electron chi connectivity index (χ0n) is 27.5. The van der Waals surface area contributed by atoms with Crippen molar-refractivity contribution in [2.24, 2.45) is 0 Å². The van der Waals surface area contributed by atoms with E-state index in [-0.39, 0.29) is 24.4 Å². The molecular weight excluding hydrogens is 709 g/mol. The van der Waals surface area contributed by atoms with E-state index < -0.39 is 59.6 Å². The van der Waals surface area contributed by atoms with Crippen molar-refractivity contribution in [3.8, 4) is 0 Å². The molecule has 8 atom stereocenters. The predicted molar refractivity (Wildman–Crippen MR) is 186 cm³/mol. The molecule has 19 heteroatoms. The molecule has 16 nitrogen and oxygen atoms in total. The highest BCUT2D eigenvalue weighted by molar-refractivity contribution is 8.60. The molecule has 0 aliphatic carbocycles. The van der Waals surface area contributed by atoms with Crippen LogP contribution in [0.3, 0.4) is 0 Å². The molecular formula is C31H36N7O9PS2. The van der Waals surface area contributed by atoms with Gasteiger partial charge in [0.05, 0.1) is 25.1 Å². The second-order valence-electron chi connectivity index (χ2n) is 12.7. The Balaban J connectivity index is 1.06. The van der Waals surface area contributed by atoms with E-state index in [4.69, 9.17) is 39.8 Å². The highest BCUT2D eigenvalue weighted by Gasteiger charge is 2.56. The molecule has 0 bridgehead atoms. The molecule has 3 aliphatic heterocycles. The third-order valence-corrected chi connectivity index (χ3v) is 11.0. The molecule has 3 aromatic heterocycles. The topological polar surface area (TPSA) is 183 Å². The largest absolute Gasteiger partial charge is 0.352 e. The van der Waals surface area contributed by atoms with Crippen molar-refractivity contribution in [1.82, 2.24) is 29.1 Å². The van der Waals surface area contributed by atoms with Gasteiger partial charge in [-0.1, -0.05) is 37.4 Å². The van der Waals surface area contributed by atoms with Gasteiger partial charge in [-0.15, -0.1) is 0 Å². The molecule has 1 unspecified atom stereocenters. The summed E-state index contributed by atoms with van der Waals surface area (Å²) in [5.41, 5.74) is -2.55. The number of imidazole rings is 1. The first kappa shape index (κ1) is 35.1. The average molecular weight is 746 g/mol. The van der Waals surface area contributed by atoms with Gasteiger partial charge in [0.2, 0.25) is 5.69 Å². The van der Waals surface area contributed by atoms with Gasteiger partial charge in [-0.3, -0.25) is 23.7 Å². The Labute approximate surface area is 296 Å². The standard InChI is InChI=1S/C31H36N7O9PS2/c1-5-18-19(11-21(43-18)37-12-16(2)27(39)36-30(37)41)47-48(49,50)42-13-20-23-24(46-31(3,4)45-23)29(44-20)38-15-34-22-25(32-14-33-26(22)38)35-28(40)17-9-7-6-8-10-17/h6-10,12,14-15,18-21,23-24,29H,5,11,13H2,1-4H3,(H,49,50)(H,36,39,41)(H,32,33,35,40)/t18-,19+,20-,21-,23-,24-,29-/m1/s1. The van der Waals surface area contributed by atoms with Crippen molar-refractivity contribution < 1.29 is 32.8 Å². The van der Waals surface area contributed by atoms with Gasteiger partial charge in [-0.25, -0.2) is 19.7 Å². The molecule has 3 saturated heterocycles. The maximum absolute atomic E-state index is 12.9. The first-order valence-corrected chi connectivity index (χ1v) is 19.8. The fourth-order valence-electron chi connectivity index (χ4n) is 6.43. The molecule has 3 aliphatic rings. The lowest BCUT2D eigenvalue weighted by atomic mass is 10.1. The number of aryl methyl sites for hydroxylation is 1. The molecule has 3 fully saturated rings. The van der Waals surface area contributed by atoms with E-state index in [0.29, 0.717) is 35.1 Å². The Bertz CT molecular complexity index is 2080. The summed E-state index contributed by atoms with van der Waals surface area (Å²) in [6.45, 7) is 7.15. The fraction of sp³-hybridized carbons (Fsp3) is 0.484. The number of fused-ring (bicyclic) bond motifs is 2. The molecule has 7 rings (SSSR count). The molecule has 50 heavy (non-hydrogen) atoms. The van der Waals surface area contributed by atoms with Crippen molar-refractivity contribution in [2.45, 2.75) is 89.3 Å². The van der Waals surface area contributed by atoms with Crippen molar-refractivity contribution in [1.29, 1.82) is 0 Å². The number of nitrogens with one attached hydrogen (secondary N) is 2. The van der Waals surface area contributed by atoms with Gasteiger partial charge in [0.15, 0.2) is 29.0 Å². The van der Waals surface area contributed by atoms with Crippen LogP contribution in [0.1, 0.15) is 62.0 Å². The number of hydrogen-bond donors (Lipinski definition) is 3. The summed E-state index contributed by atoms with van der Waals surface area (Å²) in [5.74, 6) is -1.01. The third-order valence-electron chi connectivity index (χ3n) is 8.74. The monoisotopic (exact) mass is 745 g/mol. The van der Waals surface area contributed by atoms with Crippen LogP contribution in [0.5, 0.6) is 0 Å². The molecule has 0 saturated carbocycles. The summed E-state index contributed by atoms with van der Waals surface area (Å²) < 4.78 is 40.6. The summed E-state index contributed by atoms with van der Waals surface area (Å²) in [6, 6.07) is 8.78. The second-order valence-corrected chi connectivity index (χ2v) is 17.9. The third kappa shape index (κ3) is 6.96. The Morgan fingerprint density at radius 2 is 1.88 bits per heavy atom. The maximum Gasteiger partial charge on any atom is 0.330 e. The number of thiol groups is 1. The number of H-pyrrole nitrogens is 1. The Morgan fingerprint density at radius 1 is 1.12 bits per heavy atom. The van der Waals surface area contributed by atoms with Crippen LogP contribution in [0, 0.1) is 6.92 Å². The quantitative estimate of drug-likeness (QED) is 0.158. The molecule has 6 heterocycles. The summed E-state index contributed by atoms with van der Waals surface area (Å²) in [5, 5.41) is 2.81. The zero-order valence-corrected chi connectivity index (χ0v) is 30.1. The first-order valence-electron chi connectivity index (χ1n) is 16.0. The maximum atomic E-state index is 12.9. The smallest absolute Gasteiger partial charge is 0.330 e. The van der Waals surface area contributed by atoms with Gasteiger partial charge in [0.1, 0.15) is 30.9 Å². The van der Waals surface area contributed by atoms with Gasteiger partial charge in [0, 0.05) is 23.7 Å². The molecule has 0 radical (unpaired) electrons. The van der Waals surface area contributed by atoms with Crippen LogP contribution in [0.15, 0.2) is 58.8 Å². The lowest BCUT2D eigenvalue weighted by Crippen LogP contribution is -2.33. The highest BCUT2D eigenvalue weighted by atomic mass is 32.9. The number of aromatic nitrogens is 6. The van der Waals surface area contributed by atoms with Crippen LogP contribution in [-0.2, 0) is 39.8 Å². The van der Waals surface area contributed by atoms with Crippen molar-refractivity contribution in [2.75, 3.05) is 11.9 Å². The van der Waals surface area contributed by atoms with Gasteiger partial charge in [0.25, 0.3) is 11.5 Å². The molecule has 1 aromatic carbocycles. The van der Waals surface area contributed by atoms with Crippen LogP contribution >= 0.6 is 17.9 Å². The lowest BCUT2D eigenvalue weighted by Gasteiger charge is -2.27. The Kier molecular flexibility index (Phi) is 9.59. The number of rotatable bonds is 10. The lowest BCUT2D eigenvalue weighted by molar-refractivity contribution is -0.198. The molecule has 1 amide bonds. The van der Waals surface area contributed by atoms with Crippen LogP contribution in [-0.4, -0.2) is 77.9 Å². The van der Waals surface area contributed by atoms with E-state index in [0.717, 1.165) is 0 Å². The second kappa shape index (κ2) is 13.7. The number of carbonyl (C=O) groups is 1. The number of hydrogen-bond acceptors (Lipinski definition) is 13. The SMILES string of the molecule is CC[C@H]1O[C@@H](n2cc(C)c(=O)[nH]c2=O)C[C@@H]1OP(=S)(S)OC[C@H]1O[C@@H](n2cnc3c(NC(=O)c4ccccc4)ncnc32)[C@@H]2OC(C)(C)O[C@@H]21. The van der Waals surface area contributed by atoms with Gasteiger partial charge in [-0.2, -0.15) is 0 Å². The molecule has 2 N–H and O–H groups in total. The summed E-state index contributed by atoms with van der Waals surface area (Å²) in [4.78, 5) is 52.8. The number of anilines is 1. The van der Waals surface area contributed by atoms with E-state index in [1.165, 1.54) is 17.1 Å². The molecule has 4 aromatic rings. The van der Waals surface area contributed by atoms with Crippen molar-refractivity contribution in [3.63, 3.8) is 0 Å². The van der Waals surface area contributed by atoms with E-state index in [2.05, 4.69) is 37.5 Å². The van der Waals surface area contributed by atoms with E-state index in [9.17, 15) is 14.4 Å². The highest BCUT2D eigenvalue weighted by Crippen LogP contribution is 2.57. The minimum absolute atomic E-state index is 0.0236. The number of benzene rings is 1. The van der Waals surface area contributed by atoms with Crippen molar-refractivity contribution >= 4 is 52.6 Å². The summed E-state index contributed by atoms with van der Waals surface area (Å²) in [7, 11) is 0. The minimum atomic E-state index is -3.18. The predicted octanol–water partition coefficient (Wildman–Crippen LogP) is 3.61. The fourth-order valence-corrected chi connectivity index (χ4v) is 8.47. The van der Waals surface area contributed by atoms with E-state index in [1.54, 1.807) is 42.1 Å². The Morgan fingerprint density at radius 3 is 2.64 bits per heavy atom. The number of amides is 1.